The summed E-state index contributed by atoms with van der Waals surface area (Å²) in [6.45, 7) is 5.97. The fourth-order valence-electron chi connectivity index (χ4n) is 3.30. The molecular formula is C20H31FN4O2. The van der Waals surface area contributed by atoms with Gasteiger partial charge in [-0.1, -0.05) is 12.1 Å². The molecule has 1 aromatic rings. The van der Waals surface area contributed by atoms with Crippen molar-refractivity contribution < 1.29 is 14.0 Å². The van der Waals surface area contributed by atoms with Crippen LogP contribution in [0.15, 0.2) is 24.3 Å². The number of hydrogen-bond acceptors (Lipinski definition) is 4. The number of anilines is 1. The number of amides is 2. The number of nitrogens with zero attached hydrogens (tertiary/aromatic N) is 4. The van der Waals surface area contributed by atoms with Crippen LogP contribution >= 0.6 is 0 Å². The van der Waals surface area contributed by atoms with Gasteiger partial charge in [-0.05, 0) is 39.2 Å². The van der Waals surface area contributed by atoms with Crippen LogP contribution in [0.5, 0.6) is 0 Å². The maximum absolute atomic E-state index is 13.9. The third kappa shape index (κ3) is 6.50. The Bertz CT molecular complexity index is 630. The summed E-state index contributed by atoms with van der Waals surface area (Å²) >= 11 is 0. The lowest BCUT2D eigenvalue weighted by Crippen LogP contribution is -2.49. The predicted octanol–water partition coefficient (Wildman–Crippen LogP) is 1.66. The zero-order valence-corrected chi connectivity index (χ0v) is 16.7. The SMILES string of the molecule is CC(=O)N(CCCN(C)C)CCC(=O)N1CCN(c2ccccc2F)CC1. The highest BCUT2D eigenvalue weighted by Gasteiger charge is 2.23. The third-order valence-electron chi connectivity index (χ3n) is 4.90. The second kappa shape index (κ2) is 10.3. The predicted molar refractivity (Wildman–Crippen MR) is 105 cm³/mol. The summed E-state index contributed by atoms with van der Waals surface area (Å²) in [6, 6.07) is 6.73. The molecule has 150 valence electrons. The molecule has 1 aromatic carbocycles. The standard InChI is InChI=1S/C20H31FN4O2/c1-17(26)23(11-6-10-22(2)3)12-9-20(27)25-15-13-24(14-16-25)19-8-5-4-7-18(19)21/h4-5,7-8H,6,9-16H2,1-3H3. The van der Waals surface area contributed by atoms with Gasteiger partial charge in [-0.25, -0.2) is 4.39 Å². The Morgan fingerprint density at radius 2 is 1.70 bits per heavy atom. The molecule has 0 aromatic heterocycles. The van der Waals surface area contributed by atoms with E-state index in [-0.39, 0.29) is 17.6 Å². The van der Waals surface area contributed by atoms with Gasteiger partial charge in [-0.2, -0.15) is 0 Å². The minimum absolute atomic E-state index is 0.00549. The molecule has 1 fully saturated rings. The summed E-state index contributed by atoms with van der Waals surface area (Å²) in [4.78, 5) is 31.9. The summed E-state index contributed by atoms with van der Waals surface area (Å²) in [5.41, 5.74) is 0.591. The van der Waals surface area contributed by atoms with Gasteiger partial charge >= 0.3 is 0 Å². The van der Waals surface area contributed by atoms with E-state index in [2.05, 4.69) is 4.90 Å². The lowest BCUT2D eigenvalue weighted by atomic mass is 10.2. The van der Waals surface area contributed by atoms with Crippen LogP contribution in [-0.4, -0.2) is 86.4 Å². The Morgan fingerprint density at radius 1 is 1.04 bits per heavy atom. The molecule has 6 nitrogen and oxygen atoms in total. The van der Waals surface area contributed by atoms with E-state index < -0.39 is 0 Å². The summed E-state index contributed by atoms with van der Waals surface area (Å²) in [7, 11) is 4.01. The largest absolute Gasteiger partial charge is 0.366 e. The first-order valence-electron chi connectivity index (χ1n) is 9.56. The molecule has 1 aliphatic rings. The zero-order chi connectivity index (χ0) is 19.8. The number of piperazine rings is 1. The van der Waals surface area contributed by atoms with Crippen molar-refractivity contribution in [2.75, 3.05) is 64.8 Å². The fourth-order valence-corrected chi connectivity index (χ4v) is 3.30. The molecule has 7 heteroatoms. The lowest BCUT2D eigenvalue weighted by molar-refractivity contribution is -0.133. The molecule has 1 heterocycles. The van der Waals surface area contributed by atoms with Gasteiger partial charge in [0.05, 0.1) is 5.69 Å². The van der Waals surface area contributed by atoms with E-state index >= 15 is 0 Å². The molecule has 1 aliphatic heterocycles. The first-order valence-corrected chi connectivity index (χ1v) is 9.56. The Labute approximate surface area is 161 Å². The molecule has 0 N–H and O–H groups in total. The monoisotopic (exact) mass is 378 g/mol. The Hall–Kier alpha value is -2.15. The summed E-state index contributed by atoms with van der Waals surface area (Å²) in [5, 5.41) is 0. The van der Waals surface area contributed by atoms with Crippen LogP contribution in [0.4, 0.5) is 10.1 Å². The van der Waals surface area contributed by atoms with Crippen molar-refractivity contribution in [2.45, 2.75) is 19.8 Å². The third-order valence-corrected chi connectivity index (χ3v) is 4.90. The fraction of sp³-hybridized carbons (Fsp3) is 0.600. The van der Waals surface area contributed by atoms with Crippen molar-refractivity contribution in [1.82, 2.24) is 14.7 Å². The van der Waals surface area contributed by atoms with Crippen molar-refractivity contribution >= 4 is 17.5 Å². The minimum atomic E-state index is -0.230. The van der Waals surface area contributed by atoms with Gasteiger partial charge in [-0.15, -0.1) is 0 Å². The van der Waals surface area contributed by atoms with E-state index in [9.17, 15) is 14.0 Å². The van der Waals surface area contributed by atoms with E-state index in [1.165, 1.54) is 6.07 Å². The molecule has 2 rings (SSSR count). The average molecular weight is 378 g/mol. The highest BCUT2D eigenvalue weighted by Crippen LogP contribution is 2.20. The second-order valence-electron chi connectivity index (χ2n) is 7.23. The van der Waals surface area contributed by atoms with E-state index in [0.717, 1.165) is 13.0 Å². The van der Waals surface area contributed by atoms with Crippen molar-refractivity contribution in [1.29, 1.82) is 0 Å². The van der Waals surface area contributed by atoms with Crippen molar-refractivity contribution in [2.24, 2.45) is 0 Å². The Kier molecular flexibility index (Phi) is 8.03. The van der Waals surface area contributed by atoms with Crippen LogP contribution in [0.25, 0.3) is 0 Å². The van der Waals surface area contributed by atoms with Gasteiger partial charge in [0.1, 0.15) is 5.82 Å². The van der Waals surface area contributed by atoms with E-state index in [1.54, 1.807) is 24.0 Å². The maximum atomic E-state index is 13.9. The van der Waals surface area contributed by atoms with Crippen LogP contribution in [-0.2, 0) is 9.59 Å². The Morgan fingerprint density at radius 3 is 2.30 bits per heavy atom. The average Bonchev–Trinajstić information content (AvgIpc) is 2.64. The van der Waals surface area contributed by atoms with Crippen LogP contribution in [0.1, 0.15) is 19.8 Å². The van der Waals surface area contributed by atoms with Crippen LogP contribution in [0, 0.1) is 5.82 Å². The molecule has 0 spiro atoms. The highest BCUT2D eigenvalue weighted by molar-refractivity contribution is 5.78. The van der Waals surface area contributed by atoms with Crippen LogP contribution in [0.2, 0.25) is 0 Å². The van der Waals surface area contributed by atoms with Crippen molar-refractivity contribution in [3.63, 3.8) is 0 Å². The smallest absolute Gasteiger partial charge is 0.224 e. The van der Waals surface area contributed by atoms with E-state index in [4.69, 9.17) is 0 Å². The molecular weight excluding hydrogens is 347 g/mol. The number of halogens is 1. The number of benzene rings is 1. The molecule has 1 saturated heterocycles. The van der Waals surface area contributed by atoms with Gasteiger partial charge in [0, 0.05) is 52.6 Å². The molecule has 0 bridgehead atoms. The topological polar surface area (TPSA) is 47.1 Å². The maximum Gasteiger partial charge on any atom is 0.224 e. The normalized spacial score (nSPS) is 14.6. The van der Waals surface area contributed by atoms with Gasteiger partial charge < -0.3 is 19.6 Å². The summed E-state index contributed by atoms with van der Waals surface area (Å²) in [5.74, 6) is -0.167. The van der Waals surface area contributed by atoms with E-state index in [0.29, 0.717) is 51.4 Å². The number of carbonyl (C=O) groups excluding carboxylic acids is 2. The van der Waals surface area contributed by atoms with Gasteiger partial charge in [0.15, 0.2) is 0 Å². The minimum Gasteiger partial charge on any atom is -0.366 e. The van der Waals surface area contributed by atoms with Crippen molar-refractivity contribution in [3.8, 4) is 0 Å². The number of hydrogen-bond donors (Lipinski definition) is 0. The quantitative estimate of drug-likeness (QED) is 0.690. The molecule has 2 amide bonds. The van der Waals surface area contributed by atoms with E-state index in [1.807, 2.05) is 30.0 Å². The summed E-state index contributed by atoms with van der Waals surface area (Å²) < 4.78 is 13.9. The summed E-state index contributed by atoms with van der Waals surface area (Å²) in [6.07, 6.45) is 1.23. The number of para-hydroxylation sites is 1. The van der Waals surface area contributed by atoms with Crippen molar-refractivity contribution in [3.05, 3.63) is 30.1 Å². The number of rotatable bonds is 8. The lowest BCUT2D eigenvalue weighted by Gasteiger charge is -2.36. The Balaban J connectivity index is 1.78. The molecule has 0 aliphatic carbocycles. The van der Waals surface area contributed by atoms with Gasteiger partial charge in [0.25, 0.3) is 0 Å². The second-order valence-corrected chi connectivity index (χ2v) is 7.23. The zero-order valence-electron chi connectivity index (χ0n) is 16.7. The molecule has 0 unspecified atom stereocenters. The molecule has 27 heavy (non-hydrogen) atoms. The first kappa shape index (κ1) is 21.2. The molecule has 0 atom stereocenters. The highest BCUT2D eigenvalue weighted by atomic mass is 19.1. The van der Waals surface area contributed by atoms with Gasteiger partial charge in [0.2, 0.25) is 11.8 Å². The molecule has 0 radical (unpaired) electrons. The van der Waals surface area contributed by atoms with Gasteiger partial charge in [-0.3, -0.25) is 9.59 Å². The first-order chi connectivity index (χ1) is 12.9. The number of carbonyl (C=O) groups is 2. The van der Waals surface area contributed by atoms with Crippen LogP contribution < -0.4 is 4.90 Å². The van der Waals surface area contributed by atoms with Crippen LogP contribution in [0.3, 0.4) is 0 Å². The molecule has 0 saturated carbocycles.